The molecule has 92 valence electrons. The van der Waals surface area contributed by atoms with E-state index in [0.717, 1.165) is 5.76 Å². The minimum Gasteiger partial charge on any atom is -0.469 e. The monoisotopic (exact) mass is 280 g/mol. The van der Waals surface area contributed by atoms with Gasteiger partial charge in [0, 0.05) is 17.0 Å². The quantitative estimate of drug-likeness (QED) is 0.607. The van der Waals surface area contributed by atoms with Crippen LogP contribution in [0.25, 0.3) is 0 Å². The third-order valence-corrected chi connectivity index (χ3v) is 2.91. The molecule has 0 spiro atoms. The molecule has 2 rings (SSSR count). The number of carbonyl (C=O) groups excluding carboxylic acids is 1. The molecule has 0 unspecified atom stereocenters. The number of benzene rings is 1. The van der Waals surface area contributed by atoms with Gasteiger partial charge in [0.1, 0.15) is 5.76 Å². The van der Waals surface area contributed by atoms with Gasteiger partial charge in [-0.05, 0) is 36.4 Å². The molecule has 4 heteroatoms. The largest absolute Gasteiger partial charge is 0.469 e. The zero-order valence-corrected chi connectivity index (χ0v) is 10.9. The van der Waals surface area contributed by atoms with Gasteiger partial charge in [-0.1, -0.05) is 29.3 Å². The molecular formula is C14H10Cl2O2. The van der Waals surface area contributed by atoms with Crippen molar-refractivity contribution >= 4 is 29.0 Å². The molecule has 0 amide bonds. The second-order valence-electron chi connectivity index (χ2n) is 3.67. The molecule has 2 aromatic rings. The molecule has 0 N–H and O–H groups in total. The van der Waals surface area contributed by atoms with Crippen LogP contribution in [-0.4, -0.2) is 5.78 Å². The highest BCUT2D eigenvalue weighted by atomic mass is 35.5. The summed E-state index contributed by atoms with van der Waals surface area (Å²) in [5, 5.41) is 0.867. The minimum atomic E-state index is -0.150. The second kappa shape index (κ2) is 5.89. The van der Waals surface area contributed by atoms with Crippen LogP contribution in [-0.2, 0) is 6.42 Å². The highest BCUT2D eigenvalue weighted by Crippen LogP contribution is 2.21. The first kappa shape index (κ1) is 12.9. The molecular weight excluding hydrogens is 271 g/mol. The average molecular weight is 281 g/mol. The smallest absolute Gasteiger partial charge is 0.187 e. The maximum Gasteiger partial charge on any atom is 0.187 e. The van der Waals surface area contributed by atoms with Gasteiger partial charge in [0.05, 0.1) is 11.3 Å². The van der Waals surface area contributed by atoms with E-state index >= 15 is 0 Å². The summed E-state index contributed by atoms with van der Waals surface area (Å²) in [4.78, 5) is 11.9. The fourth-order valence-corrected chi connectivity index (χ4v) is 1.99. The number of carbonyl (C=O) groups is 1. The summed E-state index contributed by atoms with van der Waals surface area (Å²) in [7, 11) is 0. The van der Waals surface area contributed by atoms with E-state index in [1.54, 1.807) is 36.6 Å². The van der Waals surface area contributed by atoms with Gasteiger partial charge in [0.2, 0.25) is 0 Å². The van der Waals surface area contributed by atoms with Crippen LogP contribution < -0.4 is 0 Å². The summed E-state index contributed by atoms with van der Waals surface area (Å²) in [5.41, 5.74) is 0.441. The number of hydrogen-bond donors (Lipinski definition) is 0. The van der Waals surface area contributed by atoms with Crippen molar-refractivity contribution in [2.75, 3.05) is 0 Å². The van der Waals surface area contributed by atoms with Gasteiger partial charge in [0.15, 0.2) is 5.78 Å². The Morgan fingerprint density at radius 3 is 2.78 bits per heavy atom. The predicted molar refractivity (Wildman–Crippen MR) is 72.3 cm³/mol. The van der Waals surface area contributed by atoms with E-state index in [1.807, 2.05) is 6.07 Å². The second-order valence-corrected chi connectivity index (χ2v) is 4.52. The Hall–Kier alpha value is -1.51. The molecule has 2 nitrogen and oxygen atoms in total. The van der Waals surface area contributed by atoms with Crippen molar-refractivity contribution in [2.24, 2.45) is 0 Å². The Morgan fingerprint density at radius 1 is 1.28 bits per heavy atom. The summed E-state index contributed by atoms with van der Waals surface area (Å²) >= 11 is 11.7. The summed E-state index contributed by atoms with van der Waals surface area (Å²) in [5.74, 6) is 0.657. The standard InChI is InChI=1S/C14H10Cl2O2/c15-10-6-7-12(13(16)9-10)14(17)5-1-3-11-4-2-8-18-11/h1-2,4-9H,3H2/b5-1+. The Bertz CT molecular complexity index is 571. The first-order valence-corrected chi connectivity index (χ1v) is 6.11. The van der Waals surface area contributed by atoms with Crippen LogP contribution in [0.4, 0.5) is 0 Å². The maximum absolute atomic E-state index is 11.9. The topological polar surface area (TPSA) is 30.2 Å². The van der Waals surface area contributed by atoms with Gasteiger partial charge in [-0.25, -0.2) is 0 Å². The van der Waals surface area contributed by atoms with E-state index < -0.39 is 0 Å². The molecule has 1 aromatic carbocycles. The van der Waals surface area contributed by atoms with E-state index in [9.17, 15) is 4.79 Å². The lowest BCUT2D eigenvalue weighted by atomic mass is 10.1. The first-order valence-electron chi connectivity index (χ1n) is 5.35. The highest BCUT2D eigenvalue weighted by Gasteiger charge is 2.07. The van der Waals surface area contributed by atoms with Crippen molar-refractivity contribution in [1.29, 1.82) is 0 Å². The number of ketones is 1. The molecule has 1 aromatic heterocycles. The summed E-state index contributed by atoms with van der Waals surface area (Å²) < 4.78 is 5.15. The van der Waals surface area contributed by atoms with Gasteiger partial charge in [-0.2, -0.15) is 0 Å². The van der Waals surface area contributed by atoms with Gasteiger partial charge < -0.3 is 4.42 Å². The minimum absolute atomic E-state index is 0.150. The van der Waals surface area contributed by atoms with Crippen molar-refractivity contribution < 1.29 is 9.21 Å². The molecule has 0 bridgehead atoms. The molecule has 0 aliphatic rings. The number of hydrogen-bond acceptors (Lipinski definition) is 2. The molecule has 0 fully saturated rings. The molecule has 0 saturated heterocycles. The summed E-state index contributed by atoms with van der Waals surface area (Å²) in [6, 6.07) is 8.47. The van der Waals surface area contributed by atoms with Gasteiger partial charge in [-0.3, -0.25) is 4.79 Å². The molecule has 0 aliphatic heterocycles. The third kappa shape index (κ3) is 3.25. The van der Waals surface area contributed by atoms with Crippen LogP contribution in [0.15, 0.2) is 53.2 Å². The van der Waals surface area contributed by atoms with E-state index in [-0.39, 0.29) is 5.78 Å². The lowest BCUT2D eigenvalue weighted by Crippen LogP contribution is -1.95. The Balaban J connectivity index is 2.05. The molecule has 0 aliphatic carbocycles. The maximum atomic E-state index is 11.9. The molecule has 0 saturated carbocycles. The van der Waals surface area contributed by atoms with Crippen molar-refractivity contribution in [3.63, 3.8) is 0 Å². The van der Waals surface area contributed by atoms with Crippen LogP contribution in [0.5, 0.6) is 0 Å². The Kier molecular flexibility index (Phi) is 4.24. The Morgan fingerprint density at radius 2 is 2.11 bits per heavy atom. The average Bonchev–Trinajstić information content (AvgIpc) is 2.81. The van der Waals surface area contributed by atoms with Crippen molar-refractivity contribution in [2.45, 2.75) is 6.42 Å². The fraction of sp³-hybridized carbons (Fsp3) is 0.0714. The molecule has 18 heavy (non-hydrogen) atoms. The van der Waals surface area contributed by atoms with E-state index in [0.29, 0.717) is 22.0 Å². The predicted octanol–water partition coefficient (Wildman–Crippen LogP) is 4.57. The highest BCUT2D eigenvalue weighted by molar-refractivity contribution is 6.37. The van der Waals surface area contributed by atoms with Crippen molar-refractivity contribution in [3.8, 4) is 0 Å². The van der Waals surface area contributed by atoms with Crippen LogP contribution >= 0.6 is 23.2 Å². The normalized spacial score (nSPS) is 11.0. The van der Waals surface area contributed by atoms with Crippen molar-refractivity contribution in [1.82, 2.24) is 0 Å². The van der Waals surface area contributed by atoms with E-state index in [1.165, 1.54) is 6.08 Å². The number of halogens is 2. The third-order valence-electron chi connectivity index (χ3n) is 2.36. The zero-order valence-electron chi connectivity index (χ0n) is 9.40. The molecule has 0 radical (unpaired) electrons. The number of rotatable bonds is 4. The van der Waals surface area contributed by atoms with E-state index in [2.05, 4.69) is 0 Å². The Labute approximate surface area is 115 Å². The lowest BCUT2D eigenvalue weighted by Gasteiger charge is -1.99. The molecule has 1 heterocycles. The van der Waals surface area contributed by atoms with Gasteiger partial charge >= 0.3 is 0 Å². The lowest BCUT2D eigenvalue weighted by molar-refractivity contribution is 0.104. The van der Waals surface area contributed by atoms with Crippen molar-refractivity contribution in [3.05, 3.63) is 70.1 Å². The summed E-state index contributed by atoms with van der Waals surface area (Å²) in [6.07, 6.45) is 5.40. The fourth-order valence-electron chi connectivity index (χ4n) is 1.49. The first-order chi connectivity index (χ1) is 8.66. The summed E-state index contributed by atoms with van der Waals surface area (Å²) in [6.45, 7) is 0. The van der Waals surface area contributed by atoms with Crippen LogP contribution in [0.2, 0.25) is 10.0 Å². The van der Waals surface area contributed by atoms with Crippen LogP contribution in [0.1, 0.15) is 16.1 Å². The SMILES string of the molecule is O=C(/C=C/Cc1ccco1)c1ccc(Cl)cc1Cl. The molecule has 0 atom stereocenters. The number of allylic oxidation sites excluding steroid dienone is 2. The van der Waals surface area contributed by atoms with Gasteiger partial charge in [0.25, 0.3) is 0 Å². The van der Waals surface area contributed by atoms with E-state index in [4.69, 9.17) is 27.6 Å². The zero-order chi connectivity index (χ0) is 13.0. The van der Waals surface area contributed by atoms with Crippen LogP contribution in [0.3, 0.4) is 0 Å². The van der Waals surface area contributed by atoms with Crippen LogP contribution in [0, 0.1) is 0 Å². The van der Waals surface area contributed by atoms with Gasteiger partial charge in [-0.15, -0.1) is 0 Å². The number of furan rings is 1.